The van der Waals surface area contributed by atoms with Crippen LogP contribution in [-0.2, 0) is 23.6 Å². The molecule has 6 nitrogen and oxygen atoms in total. The average Bonchev–Trinajstić information content (AvgIpc) is 2.71. The lowest BCUT2D eigenvalue weighted by atomic mass is 10.1. The fraction of sp³-hybridized carbons (Fsp3) is 0.350. The summed E-state index contributed by atoms with van der Waals surface area (Å²) in [6.45, 7) is 1.31. The fourth-order valence-corrected chi connectivity index (χ4v) is 2.91. The Hall–Kier alpha value is -3.15. The summed E-state index contributed by atoms with van der Waals surface area (Å²) in [5, 5.41) is 3.04. The predicted octanol–water partition coefficient (Wildman–Crippen LogP) is 5.01. The molecule has 0 amide bonds. The lowest BCUT2D eigenvalue weighted by Crippen LogP contribution is -2.13. The minimum absolute atomic E-state index is 0.00316. The number of nitrogens with one attached hydrogen (secondary N) is 1. The van der Waals surface area contributed by atoms with Gasteiger partial charge in [0.15, 0.2) is 0 Å². The van der Waals surface area contributed by atoms with E-state index in [0.29, 0.717) is 0 Å². The van der Waals surface area contributed by atoms with Gasteiger partial charge in [0.25, 0.3) is 0 Å². The first-order chi connectivity index (χ1) is 15.0. The van der Waals surface area contributed by atoms with E-state index in [-0.39, 0.29) is 48.0 Å². The number of nitrogens with zero attached hydrogens (tertiary/aromatic N) is 3. The molecule has 0 saturated heterocycles. The van der Waals surface area contributed by atoms with Crippen molar-refractivity contribution in [1.82, 2.24) is 15.0 Å². The zero-order valence-corrected chi connectivity index (χ0v) is 16.9. The topological polar surface area (TPSA) is 69.2 Å². The number of benzene rings is 1. The Kier molecular flexibility index (Phi) is 6.72. The molecule has 2 aromatic heterocycles. The zero-order chi connectivity index (χ0) is 23.5. The van der Waals surface area contributed by atoms with Gasteiger partial charge in [-0.15, -0.1) is 0 Å². The molecule has 0 fully saturated rings. The summed E-state index contributed by atoms with van der Waals surface area (Å²) in [7, 11) is 1.38. The third-order valence-corrected chi connectivity index (χ3v) is 4.34. The third-order valence-electron chi connectivity index (χ3n) is 4.34. The van der Waals surface area contributed by atoms with Crippen LogP contribution in [0.5, 0.6) is 5.75 Å². The van der Waals surface area contributed by atoms with Crippen molar-refractivity contribution in [2.24, 2.45) is 0 Å². The van der Waals surface area contributed by atoms with Gasteiger partial charge in [-0.1, -0.05) is 0 Å². The molecule has 3 aromatic rings. The predicted molar refractivity (Wildman–Crippen MR) is 103 cm³/mol. The Bertz CT molecular complexity index is 1100. The number of alkyl halides is 6. The molecule has 0 aliphatic carbocycles. The van der Waals surface area contributed by atoms with Crippen LogP contribution in [0.4, 0.5) is 32.2 Å². The van der Waals surface area contributed by atoms with E-state index < -0.39 is 29.2 Å². The van der Waals surface area contributed by atoms with Gasteiger partial charge in [-0.05, 0) is 31.2 Å². The molecule has 12 heteroatoms. The third kappa shape index (κ3) is 5.55. The number of anilines is 1. The summed E-state index contributed by atoms with van der Waals surface area (Å²) in [6.07, 6.45) is -8.19. The van der Waals surface area contributed by atoms with Gasteiger partial charge in [0, 0.05) is 18.7 Å². The first kappa shape index (κ1) is 23.5. The van der Waals surface area contributed by atoms with Crippen LogP contribution in [0.1, 0.15) is 22.6 Å². The molecule has 2 heterocycles. The van der Waals surface area contributed by atoms with Crippen molar-refractivity contribution < 1.29 is 35.8 Å². The minimum atomic E-state index is -4.69. The first-order valence-electron chi connectivity index (χ1n) is 9.26. The second-order valence-corrected chi connectivity index (χ2v) is 6.71. The van der Waals surface area contributed by atoms with Crippen LogP contribution in [-0.4, -0.2) is 35.3 Å². The summed E-state index contributed by atoms with van der Waals surface area (Å²) < 4.78 is 89.4. The smallest absolute Gasteiger partial charge is 0.420 e. The van der Waals surface area contributed by atoms with E-state index >= 15 is 0 Å². The molecule has 172 valence electrons. The molecule has 0 aliphatic rings. The van der Waals surface area contributed by atoms with Gasteiger partial charge < -0.3 is 14.8 Å². The van der Waals surface area contributed by atoms with E-state index in [9.17, 15) is 26.3 Å². The molecule has 3 rings (SSSR count). The van der Waals surface area contributed by atoms with E-state index in [1.165, 1.54) is 14.0 Å². The summed E-state index contributed by atoms with van der Waals surface area (Å²) in [6, 6.07) is 3.72. The number of aryl methyl sites for hydroxylation is 1. The molecule has 0 aliphatic heterocycles. The molecule has 0 radical (unpaired) electrons. The van der Waals surface area contributed by atoms with Crippen molar-refractivity contribution in [3.05, 3.63) is 53.1 Å². The number of rotatable bonds is 7. The monoisotopic (exact) mass is 460 g/mol. The number of fused-ring (bicyclic) bond motifs is 1. The quantitative estimate of drug-likeness (QED) is 0.395. The Labute approximate surface area is 178 Å². The van der Waals surface area contributed by atoms with Crippen LogP contribution < -0.4 is 10.1 Å². The van der Waals surface area contributed by atoms with Gasteiger partial charge in [0.2, 0.25) is 0 Å². The minimum Gasteiger partial charge on any atom is -0.491 e. The normalized spacial score (nSPS) is 12.2. The fourth-order valence-electron chi connectivity index (χ4n) is 2.91. The van der Waals surface area contributed by atoms with Crippen molar-refractivity contribution in [3.8, 4) is 5.75 Å². The molecular weight excluding hydrogens is 442 g/mol. The molecule has 0 saturated carbocycles. The van der Waals surface area contributed by atoms with Gasteiger partial charge in [-0.3, -0.25) is 4.98 Å². The summed E-state index contributed by atoms with van der Waals surface area (Å²) in [5.74, 6) is -0.120. The highest BCUT2D eigenvalue weighted by Gasteiger charge is 2.35. The van der Waals surface area contributed by atoms with Gasteiger partial charge >= 0.3 is 12.4 Å². The summed E-state index contributed by atoms with van der Waals surface area (Å²) >= 11 is 0. The van der Waals surface area contributed by atoms with E-state index in [1.54, 1.807) is 0 Å². The van der Waals surface area contributed by atoms with Crippen LogP contribution in [0.15, 0.2) is 30.5 Å². The molecular formula is C20H18F6N4O2. The van der Waals surface area contributed by atoms with Crippen LogP contribution in [0.25, 0.3) is 10.9 Å². The Balaban J connectivity index is 1.99. The largest absolute Gasteiger partial charge is 0.491 e. The van der Waals surface area contributed by atoms with Gasteiger partial charge in [-0.2, -0.15) is 26.3 Å². The Morgan fingerprint density at radius 1 is 0.969 bits per heavy atom. The lowest BCUT2D eigenvalue weighted by Gasteiger charge is -2.17. The number of halogens is 6. The summed E-state index contributed by atoms with van der Waals surface area (Å²) in [5.41, 5.74) is -1.79. The molecule has 0 atom stereocenters. The number of methoxy groups -OCH3 is 1. The van der Waals surface area contributed by atoms with Gasteiger partial charge in [-0.25, -0.2) is 9.97 Å². The molecule has 1 aromatic carbocycles. The number of pyridine rings is 1. The van der Waals surface area contributed by atoms with Gasteiger partial charge in [0.1, 0.15) is 24.0 Å². The highest BCUT2D eigenvalue weighted by molar-refractivity contribution is 5.91. The maximum atomic E-state index is 13.5. The van der Waals surface area contributed by atoms with Crippen LogP contribution in [0.3, 0.4) is 0 Å². The second-order valence-electron chi connectivity index (χ2n) is 6.71. The van der Waals surface area contributed by atoms with Crippen molar-refractivity contribution >= 4 is 16.7 Å². The molecule has 0 spiro atoms. The first-order valence-corrected chi connectivity index (χ1v) is 9.26. The average molecular weight is 460 g/mol. The van der Waals surface area contributed by atoms with E-state index in [4.69, 9.17) is 9.47 Å². The molecule has 0 unspecified atom stereocenters. The van der Waals surface area contributed by atoms with Crippen LogP contribution in [0.2, 0.25) is 0 Å². The van der Waals surface area contributed by atoms with Crippen LogP contribution in [0, 0.1) is 6.92 Å². The van der Waals surface area contributed by atoms with E-state index in [0.717, 1.165) is 30.5 Å². The number of hydrogen-bond acceptors (Lipinski definition) is 6. The maximum Gasteiger partial charge on any atom is 0.420 e. The van der Waals surface area contributed by atoms with E-state index in [1.807, 2.05) is 0 Å². The standard InChI is InChI=1S/C20H18F6N4O2/c1-11-29-16-9-15(20(24,25)26)17(32-6-5-31-2)8-14(16)18(30-11)28-10-13-7-12(3-4-27-13)19(21,22)23/h3-4,7-9H,5-6,10H2,1-2H3,(H,28,29,30). The number of ether oxygens (including phenoxy) is 2. The maximum absolute atomic E-state index is 13.5. The van der Waals surface area contributed by atoms with Crippen LogP contribution >= 0.6 is 0 Å². The van der Waals surface area contributed by atoms with E-state index in [2.05, 4.69) is 20.3 Å². The highest BCUT2D eigenvalue weighted by Crippen LogP contribution is 2.39. The number of aromatic nitrogens is 3. The Morgan fingerprint density at radius 3 is 2.38 bits per heavy atom. The van der Waals surface area contributed by atoms with Crippen molar-refractivity contribution in [2.45, 2.75) is 25.8 Å². The van der Waals surface area contributed by atoms with Crippen molar-refractivity contribution in [3.63, 3.8) is 0 Å². The van der Waals surface area contributed by atoms with Gasteiger partial charge in [0.05, 0.1) is 35.5 Å². The summed E-state index contributed by atoms with van der Waals surface area (Å²) in [4.78, 5) is 12.1. The lowest BCUT2D eigenvalue weighted by molar-refractivity contribution is -0.139. The second kappa shape index (κ2) is 9.15. The van der Waals surface area contributed by atoms with Crippen molar-refractivity contribution in [1.29, 1.82) is 0 Å². The number of hydrogen-bond donors (Lipinski definition) is 1. The highest BCUT2D eigenvalue weighted by atomic mass is 19.4. The molecule has 32 heavy (non-hydrogen) atoms. The molecule has 0 bridgehead atoms. The zero-order valence-electron chi connectivity index (χ0n) is 16.9. The molecule has 1 N–H and O–H groups in total. The SMILES string of the molecule is COCCOc1cc2c(NCc3cc(C(F)(F)F)ccn3)nc(C)nc2cc1C(F)(F)F. The van der Waals surface area contributed by atoms with Crippen molar-refractivity contribution in [2.75, 3.05) is 25.6 Å². The Morgan fingerprint density at radius 2 is 1.72 bits per heavy atom.